The number of halogens is 1. The van der Waals surface area contributed by atoms with Gasteiger partial charge in [0.1, 0.15) is 5.82 Å². The molecule has 1 rings (SSSR count). The van der Waals surface area contributed by atoms with Crippen LogP contribution < -0.4 is 5.73 Å². The van der Waals surface area contributed by atoms with Crippen molar-refractivity contribution in [1.82, 2.24) is 4.90 Å². The van der Waals surface area contributed by atoms with Gasteiger partial charge in [-0.2, -0.15) is 0 Å². The number of hydrogen-bond donors (Lipinski definition) is 2. The largest absolute Gasteiger partial charge is 0.396 e. The van der Waals surface area contributed by atoms with Gasteiger partial charge in [0.2, 0.25) is 0 Å². The van der Waals surface area contributed by atoms with Crippen LogP contribution in [0.25, 0.3) is 0 Å². The first-order chi connectivity index (χ1) is 9.58. The molecule has 0 aliphatic carbocycles. The highest BCUT2D eigenvalue weighted by Gasteiger charge is 2.12. The average molecular weight is 278 g/mol. The molecule has 0 heterocycles. The highest BCUT2D eigenvalue weighted by molar-refractivity contribution is 5.41. The van der Waals surface area contributed by atoms with Crippen LogP contribution in [0.1, 0.15) is 31.4 Å². The van der Waals surface area contributed by atoms with E-state index in [0.29, 0.717) is 18.2 Å². The third kappa shape index (κ3) is 5.30. The Balaban J connectivity index is 2.93. The smallest absolute Gasteiger partial charge is 0.124 e. The molecule has 0 aromatic heterocycles. The van der Waals surface area contributed by atoms with E-state index in [9.17, 15) is 4.39 Å². The first kappa shape index (κ1) is 16.6. The molecule has 110 valence electrons. The fourth-order valence-corrected chi connectivity index (χ4v) is 1.96. The summed E-state index contributed by atoms with van der Waals surface area (Å²) in [7, 11) is 0. The van der Waals surface area contributed by atoms with E-state index in [4.69, 9.17) is 10.8 Å². The lowest BCUT2D eigenvalue weighted by Gasteiger charge is -2.26. The van der Waals surface area contributed by atoms with Gasteiger partial charge in [0.15, 0.2) is 0 Å². The molecule has 0 atom stereocenters. The Hall–Kier alpha value is -1.41. The predicted molar refractivity (Wildman–Crippen MR) is 79.6 cm³/mol. The number of aliphatic hydroxyl groups is 1. The van der Waals surface area contributed by atoms with E-state index >= 15 is 0 Å². The summed E-state index contributed by atoms with van der Waals surface area (Å²) in [6.07, 6.45) is 0.725. The van der Waals surface area contributed by atoms with Crippen molar-refractivity contribution in [3.05, 3.63) is 35.1 Å². The molecule has 4 heteroatoms. The Labute approximate surface area is 120 Å². The van der Waals surface area contributed by atoms with E-state index in [-0.39, 0.29) is 19.0 Å². The number of hydrogen-bond acceptors (Lipinski definition) is 3. The highest BCUT2D eigenvalue weighted by atomic mass is 19.1. The van der Waals surface area contributed by atoms with Crippen molar-refractivity contribution in [3.63, 3.8) is 0 Å². The maximum Gasteiger partial charge on any atom is 0.124 e. The Morgan fingerprint density at radius 2 is 2.15 bits per heavy atom. The van der Waals surface area contributed by atoms with Gasteiger partial charge in [0.05, 0.1) is 6.54 Å². The summed E-state index contributed by atoms with van der Waals surface area (Å²) >= 11 is 0. The Morgan fingerprint density at radius 1 is 1.40 bits per heavy atom. The summed E-state index contributed by atoms with van der Waals surface area (Å²) in [5.41, 5.74) is 7.04. The quantitative estimate of drug-likeness (QED) is 0.779. The third-order valence-electron chi connectivity index (χ3n) is 3.10. The van der Waals surface area contributed by atoms with Gasteiger partial charge in [-0.3, -0.25) is 4.90 Å². The predicted octanol–water partition coefficient (Wildman–Crippen LogP) is 1.73. The van der Waals surface area contributed by atoms with E-state index < -0.39 is 0 Å². The van der Waals surface area contributed by atoms with Crippen molar-refractivity contribution in [2.45, 2.75) is 32.9 Å². The molecule has 0 saturated heterocycles. The van der Waals surface area contributed by atoms with Crippen LogP contribution in [0.2, 0.25) is 0 Å². The van der Waals surface area contributed by atoms with Gasteiger partial charge in [-0.1, -0.05) is 17.9 Å². The molecule has 0 aliphatic rings. The van der Waals surface area contributed by atoms with Crippen LogP contribution in [-0.4, -0.2) is 35.7 Å². The fourth-order valence-electron chi connectivity index (χ4n) is 1.96. The van der Waals surface area contributed by atoms with Crippen molar-refractivity contribution >= 4 is 0 Å². The molecule has 0 aliphatic heterocycles. The SMILES string of the molecule is CC(C)N(CCCO)Cc1ccc(F)cc1C#CCN. The Kier molecular flexibility index (Phi) is 7.24. The summed E-state index contributed by atoms with van der Waals surface area (Å²) in [5.74, 6) is 5.40. The van der Waals surface area contributed by atoms with Gasteiger partial charge in [-0.25, -0.2) is 4.39 Å². The average Bonchev–Trinajstić information content (AvgIpc) is 2.42. The van der Waals surface area contributed by atoms with Gasteiger partial charge in [-0.15, -0.1) is 0 Å². The van der Waals surface area contributed by atoms with Gasteiger partial charge < -0.3 is 10.8 Å². The lowest BCUT2D eigenvalue weighted by molar-refractivity contribution is 0.184. The van der Waals surface area contributed by atoms with E-state index in [0.717, 1.165) is 18.5 Å². The first-order valence-corrected chi connectivity index (χ1v) is 6.90. The minimum Gasteiger partial charge on any atom is -0.396 e. The van der Waals surface area contributed by atoms with E-state index in [1.54, 1.807) is 6.07 Å². The normalized spacial score (nSPS) is 10.8. The van der Waals surface area contributed by atoms with Crippen molar-refractivity contribution in [2.24, 2.45) is 5.73 Å². The van der Waals surface area contributed by atoms with Crippen LogP contribution in [0.4, 0.5) is 4.39 Å². The minimum atomic E-state index is -0.290. The van der Waals surface area contributed by atoms with Gasteiger partial charge in [0, 0.05) is 31.3 Å². The second kappa shape index (κ2) is 8.70. The van der Waals surface area contributed by atoms with E-state index in [1.807, 2.05) is 0 Å². The monoisotopic (exact) mass is 278 g/mol. The third-order valence-corrected chi connectivity index (χ3v) is 3.10. The number of nitrogens with zero attached hydrogens (tertiary/aromatic N) is 1. The maximum atomic E-state index is 13.3. The van der Waals surface area contributed by atoms with Crippen molar-refractivity contribution in [1.29, 1.82) is 0 Å². The van der Waals surface area contributed by atoms with Crippen molar-refractivity contribution in [2.75, 3.05) is 19.7 Å². The zero-order valence-corrected chi connectivity index (χ0v) is 12.2. The molecule has 20 heavy (non-hydrogen) atoms. The lowest BCUT2D eigenvalue weighted by Crippen LogP contribution is -2.32. The molecule has 0 spiro atoms. The topological polar surface area (TPSA) is 49.5 Å². The van der Waals surface area contributed by atoms with Crippen molar-refractivity contribution in [3.8, 4) is 11.8 Å². The molecule has 0 fully saturated rings. The van der Waals surface area contributed by atoms with E-state index in [2.05, 4.69) is 30.6 Å². The summed E-state index contributed by atoms with van der Waals surface area (Å²) in [4.78, 5) is 2.23. The Morgan fingerprint density at radius 3 is 2.75 bits per heavy atom. The van der Waals surface area contributed by atoms with Crippen LogP contribution >= 0.6 is 0 Å². The highest BCUT2D eigenvalue weighted by Crippen LogP contribution is 2.15. The molecule has 1 aromatic carbocycles. The van der Waals surface area contributed by atoms with Crippen LogP contribution in [-0.2, 0) is 6.54 Å². The second-order valence-electron chi connectivity index (χ2n) is 4.95. The summed E-state index contributed by atoms with van der Waals surface area (Å²) in [6, 6.07) is 5.02. The van der Waals surface area contributed by atoms with Crippen molar-refractivity contribution < 1.29 is 9.50 Å². The van der Waals surface area contributed by atoms with Crippen LogP contribution in [0.15, 0.2) is 18.2 Å². The number of nitrogens with two attached hydrogens (primary N) is 1. The van der Waals surface area contributed by atoms with E-state index in [1.165, 1.54) is 12.1 Å². The molecule has 3 nitrogen and oxygen atoms in total. The number of benzene rings is 1. The minimum absolute atomic E-state index is 0.173. The molecule has 1 aromatic rings. The number of aliphatic hydroxyl groups excluding tert-OH is 1. The maximum absolute atomic E-state index is 13.3. The fraction of sp³-hybridized carbons (Fsp3) is 0.500. The molecule has 0 radical (unpaired) electrons. The molecular formula is C16H23FN2O. The summed E-state index contributed by atoms with van der Waals surface area (Å²) in [6.45, 7) is 6.13. The molecule has 0 saturated carbocycles. The zero-order chi connectivity index (χ0) is 15.0. The molecular weight excluding hydrogens is 255 g/mol. The van der Waals surface area contributed by atoms with Gasteiger partial charge >= 0.3 is 0 Å². The lowest BCUT2D eigenvalue weighted by atomic mass is 10.1. The number of rotatable bonds is 6. The van der Waals surface area contributed by atoms with Crippen LogP contribution in [0.3, 0.4) is 0 Å². The standard InChI is InChI=1S/C16H23FN2O/c1-13(2)19(9-4-10-20)12-15-6-7-16(17)11-14(15)5-3-8-18/h6-7,11,13,20H,4,8-10,12,18H2,1-2H3. The second-order valence-corrected chi connectivity index (χ2v) is 4.95. The molecule has 3 N–H and O–H groups in total. The molecule has 0 unspecified atom stereocenters. The summed E-state index contributed by atoms with van der Waals surface area (Å²) in [5, 5.41) is 8.96. The molecule has 0 bridgehead atoms. The molecule has 0 amide bonds. The summed E-state index contributed by atoms with van der Waals surface area (Å²) < 4.78 is 13.3. The first-order valence-electron chi connectivity index (χ1n) is 6.90. The van der Waals surface area contributed by atoms with Gasteiger partial charge in [-0.05, 0) is 38.0 Å². The van der Waals surface area contributed by atoms with Crippen LogP contribution in [0.5, 0.6) is 0 Å². The van der Waals surface area contributed by atoms with Gasteiger partial charge in [0.25, 0.3) is 0 Å². The van der Waals surface area contributed by atoms with Crippen LogP contribution in [0, 0.1) is 17.7 Å². The zero-order valence-electron chi connectivity index (χ0n) is 12.2. The Bertz CT molecular complexity index is 477.